The Hall–Kier alpha value is -3.61. The maximum Gasteiger partial charge on any atom is 0.339 e. The zero-order valence-electron chi connectivity index (χ0n) is 18.4. The number of para-hydroxylation sites is 3. The van der Waals surface area contributed by atoms with Crippen LogP contribution < -0.4 is 9.47 Å². The van der Waals surface area contributed by atoms with Crippen molar-refractivity contribution in [1.29, 1.82) is 0 Å². The summed E-state index contributed by atoms with van der Waals surface area (Å²) in [4.78, 5) is 31.5. The highest BCUT2D eigenvalue weighted by Crippen LogP contribution is 2.31. The van der Waals surface area contributed by atoms with Gasteiger partial charge in [0, 0.05) is 18.1 Å². The maximum absolute atomic E-state index is 12.8. The summed E-state index contributed by atoms with van der Waals surface area (Å²) in [7, 11) is 1.65. The number of benzene rings is 2. The van der Waals surface area contributed by atoms with Gasteiger partial charge in [-0.25, -0.2) is 4.79 Å². The van der Waals surface area contributed by atoms with Gasteiger partial charge < -0.3 is 19.1 Å². The lowest BCUT2D eigenvalue weighted by atomic mass is 10.0. The molecule has 0 saturated heterocycles. The minimum Gasteiger partial charge on any atom is -0.486 e. The Bertz CT molecular complexity index is 1140. The first kappa shape index (κ1) is 21.6. The molecule has 0 bridgehead atoms. The van der Waals surface area contributed by atoms with E-state index < -0.39 is 5.97 Å². The molecule has 3 aromatic rings. The standard InChI is InChI=1S/C25H26N2O5/c1-16(2)21-12-19(18-8-4-5-9-20(18)26-21)25(29)31-15-24(28)27(3)13-17-14-30-22-10-6-7-11-23(22)32-17/h4-12,16-17H,13-15H2,1-3H3. The van der Waals surface area contributed by atoms with Crippen LogP contribution in [0.2, 0.25) is 0 Å². The van der Waals surface area contributed by atoms with Gasteiger partial charge in [-0.15, -0.1) is 0 Å². The third kappa shape index (κ3) is 4.66. The van der Waals surface area contributed by atoms with Crippen LogP contribution in [0.25, 0.3) is 10.9 Å². The number of likely N-dealkylation sites (N-methyl/N-ethyl adjacent to an activating group) is 1. The molecule has 0 radical (unpaired) electrons. The summed E-state index contributed by atoms with van der Waals surface area (Å²) < 4.78 is 17.0. The number of carbonyl (C=O) groups excluding carboxylic acids is 2. The third-order valence-electron chi connectivity index (χ3n) is 5.34. The average molecular weight is 434 g/mol. The molecule has 1 amide bonds. The molecule has 1 atom stereocenters. The lowest BCUT2D eigenvalue weighted by Crippen LogP contribution is -2.43. The molecule has 7 heteroatoms. The second-order valence-corrected chi connectivity index (χ2v) is 8.11. The molecule has 7 nitrogen and oxygen atoms in total. The quantitative estimate of drug-likeness (QED) is 0.549. The molecule has 1 aliphatic heterocycles. The number of hydrogen-bond donors (Lipinski definition) is 0. The van der Waals surface area contributed by atoms with E-state index in [2.05, 4.69) is 4.98 Å². The Labute approximate surface area is 186 Å². The first-order valence-electron chi connectivity index (χ1n) is 10.6. The van der Waals surface area contributed by atoms with Crippen molar-refractivity contribution < 1.29 is 23.8 Å². The molecule has 32 heavy (non-hydrogen) atoms. The summed E-state index contributed by atoms with van der Waals surface area (Å²) in [5.41, 5.74) is 1.94. The van der Waals surface area contributed by atoms with Crippen molar-refractivity contribution in [2.75, 3.05) is 26.8 Å². The maximum atomic E-state index is 12.8. The normalized spacial score (nSPS) is 14.9. The van der Waals surface area contributed by atoms with Crippen molar-refractivity contribution in [2.24, 2.45) is 0 Å². The largest absolute Gasteiger partial charge is 0.486 e. The lowest BCUT2D eigenvalue weighted by Gasteiger charge is -2.29. The van der Waals surface area contributed by atoms with Gasteiger partial charge in [0.1, 0.15) is 6.61 Å². The molecule has 0 saturated carbocycles. The monoisotopic (exact) mass is 434 g/mol. The second kappa shape index (κ2) is 9.26. The van der Waals surface area contributed by atoms with Gasteiger partial charge in [-0.05, 0) is 30.2 Å². The van der Waals surface area contributed by atoms with Crippen LogP contribution in [0.15, 0.2) is 54.6 Å². The van der Waals surface area contributed by atoms with Crippen molar-refractivity contribution in [3.63, 3.8) is 0 Å². The number of fused-ring (bicyclic) bond motifs is 2. The highest BCUT2D eigenvalue weighted by molar-refractivity contribution is 6.04. The molecule has 1 aromatic heterocycles. The van der Waals surface area contributed by atoms with Gasteiger partial charge >= 0.3 is 5.97 Å². The summed E-state index contributed by atoms with van der Waals surface area (Å²) in [5, 5.41) is 0.703. The van der Waals surface area contributed by atoms with Crippen LogP contribution in [0.1, 0.15) is 35.8 Å². The van der Waals surface area contributed by atoms with Gasteiger partial charge in [0.05, 0.1) is 17.6 Å². The lowest BCUT2D eigenvalue weighted by molar-refractivity contribution is -0.134. The fraction of sp³-hybridized carbons (Fsp3) is 0.320. The number of esters is 1. The number of nitrogens with zero attached hydrogens (tertiary/aromatic N) is 2. The molecule has 0 aliphatic carbocycles. The number of ether oxygens (including phenoxy) is 3. The highest BCUT2D eigenvalue weighted by Gasteiger charge is 2.24. The molecule has 2 heterocycles. The van der Waals surface area contributed by atoms with Crippen LogP contribution in [-0.2, 0) is 9.53 Å². The molecule has 2 aromatic carbocycles. The van der Waals surface area contributed by atoms with Crippen LogP contribution >= 0.6 is 0 Å². The van der Waals surface area contributed by atoms with Crippen molar-refractivity contribution in [2.45, 2.75) is 25.9 Å². The molecule has 4 rings (SSSR count). The number of carbonyl (C=O) groups is 2. The van der Waals surface area contributed by atoms with Gasteiger partial charge in [0.15, 0.2) is 24.2 Å². The van der Waals surface area contributed by atoms with Gasteiger partial charge in [-0.2, -0.15) is 0 Å². The van der Waals surface area contributed by atoms with Crippen LogP contribution in [0.3, 0.4) is 0 Å². The van der Waals surface area contributed by atoms with E-state index >= 15 is 0 Å². The second-order valence-electron chi connectivity index (χ2n) is 8.11. The summed E-state index contributed by atoms with van der Waals surface area (Å²) in [6.45, 7) is 4.34. The van der Waals surface area contributed by atoms with Gasteiger partial charge in [0.25, 0.3) is 5.91 Å². The first-order valence-corrected chi connectivity index (χ1v) is 10.6. The summed E-state index contributed by atoms with van der Waals surface area (Å²) >= 11 is 0. The third-order valence-corrected chi connectivity index (χ3v) is 5.34. The van der Waals surface area contributed by atoms with Gasteiger partial charge in [-0.3, -0.25) is 9.78 Å². The van der Waals surface area contributed by atoms with Crippen molar-refractivity contribution in [1.82, 2.24) is 9.88 Å². The Morgan fingerprint density at radius 1 is 1.12 bits per heavy atom. The fourth-order valence-corrected chi connectivity index (χ4v) is 3.54. The van der Waals surface area contributed by atoms with Crippen LogP contribution in [0.4, 0.5) is 0 Å². The molecule has 1 unspecified atom stereocenters. The minimum absolute atomic E-state index is 0.154. The van der Waals surface area contributed by atoms with E-state index in [1.54, 1.807) is 13.1 Å². The van der Waals surface area contributed by atoms with Crippen LogP contribution in [0.5, 0.6) is 11.5 Å². The van der Waals surface area contributed by atoms with E-state index in [1.807, 2.05) is 62.4 Å². The molecule has 166 valence electrons. The first-order chi connectivity index (χ1) is 15.4. The van der Waals surface area contributed by atoms with Gasteiger partial charge in [-0.1, -0.05) is 44.2 Å². The minimum atomic E-state index is -0.543. The van der Waals surface area contributed by atoms with Crippen molar-refractivity contribution in [3.05, 3.63) is 65.9 Å². The number of rotatable bonds is 6. The number of amides is 1. The summed E-state index contributed by atoms with van der Waals surface area (Å²) in [6, 6.07) is 16.6. The van der Waals surface area contributed by atoms with E-state index in [-0.39, 0.29) is 24.5 Å². The summed E-state index contributed by atoms with van der Waals surface area (Å²) in [5.74, 6) is 0.641. The van der Waals surface area contributed by atoms with Crippen molar-refractivity contribution >= 4 is 22.8 Å². The number of aromatic nitrogens is 1. The zero-order chi connectivity index (χ0) is 22.7. The van der Waals surface area contributed by atoms with Crippen LogP contribution in [0, 0.1) is 0 Å². The Balaban J connectivity index is 1.38. The molecular weight excluding hydrogens is 408 g/mol. The SMILES string of the molecule is CC(C)c1cc(C(=O)OCC(=O)N(C)CC2COc3ccccc3O2)c2ccccc2n1. The number of hydrogen-bond acceptors (Lipinski definition) is 6. The Morgan fingerprint density at radius 2 is 1.84 bits per heavy atom. The smallest absolute Gasteiger partial charge is 0.339 e. The highest BCUT2D eigenvalue weighted by atomic mass is 16.6. The molecule has 1 aliphatic rings. The number of pyridine rings is 1. The molecule has 0 spiro atoms. The van der Waals surface area contributed by atoms with E-state index in [1.165, 1.54) is 4.90 Å². The molecule has 0 fully saturated rings. The molecule has 0 N–H and O–H groups in total. The topological polar surface area (TPSA) is 78.0 Å². The van der Waals surface area contributed by atoms with E-state index in [0.29, 0.717) is 35.6 Å². The average Bonchev–Trinajstić information content (AvgIpc) is 2.81. The van der Waals surface area contributed by atoms with Crippen LogP contribution in [-0.4, -0.2) is 54.7 Å². The predicted octanol–water partition coefficient (Wildman–Crippen LogP) is 3.81. The van der Waals surface area contributed by atoms with Crippen molar-refractivity contribution in [3.8, 4) is 11.5 Å². The van der Waals surface area contributed by atoms with E-state index in [9.17, 15) is 9.59 Å². The van der Waals surface area contributed by atoms with E-state index in [4.69, 9.17) is 14.2 Å². The summed E-state index contributed by atoms with van der Waals surface area (Å²) in [6.07, 6.45) is -0.299. The fourth-order valence-electron chi connectivity index (χ4n) is 3.54. The zero-order valence-corrected chi connectivity index (χ0v) is 18.4. The molecular formula is C25H26N2O5. The Morgan fingerprint density at radius 3 is 2.62 bits per heavy atom. The van der Waals surface area contributed by atoms with E-state index in [0.717, 1.165) is 11.2 Å². The Kier molecular flexibility index (Phi) is 6.25. The predicted molar refractivity (Wildman–Crippen MR) is 120 cm³/mol. The van der Waals surface area contributed by atoms with Gasteiger partial charge in [0.2, 0.25) is 0 Å².